The lowest BCUT2D eigenvalue weighted by molar-refractivity contribution is -0.151. The number of aryl methyl sites for hydroxylation is 1. The third kappa shape index (κ3) is 4.72. The minimum atomic E-state index is -1.10. The van der Waals surface area contributed by atoms with Gasteiger partial charge in [-0.2, -0.15) is 0 Å². The highest BCUT2D eigenvalue weighted by Gasteiger charge is 2.45. The standard InChI is InChI=1S/C16H20N2O4S/c1-11-3-5-12(6-4-11)17-13(19)9-23-10-14(20)18-16(15(21)22)7-2-8-16/h3-6H,2,7-10H2,1H3,(H,17,19)(H,18,20)(H,21,22). The predicted molar refractivity (Wildman–Crippen MR) is 89.5 cm³/mol. The molecule has 0 bridgehead atoms. The summed E-state index contributed by atoms with van der Waals surface area (Å²) < 4.78 is 0. The maximum absolute atomic E-state index is 11.8. The monoisotopic (exact) mass is 336 g/mol. The number of amides is 2. The smallest absolute Gasteiger partial charge is 0.329 e. The summed E-state index contributed by atoms with van der Waals surface area (Å²) in [6, 6.07) is 7.44. The van der Waals surface area contributed by atoms with Gasteiger partial charge in [-0.1, -0.05) is 17.7 Å². The van der Waals surface area contributed by atoms with Crippen molar-refractivity contribution in [2.75, 3.05) is 16.8 Å². The first-order valence-corrected chi connectivity index (χ1v) is 8.55. The van der Waals surface area contributed by atoms with Gasteiger partial charge in [0, 0.05) is 5.69 Å². The van der Waals surface area contributed by atoms with Crippen molar-refractivity contribution < 1.29 is 19.5 Å². The second-order valence-corrected chi connectivity index (χ2v) is 6.68. The molecular formula is C16H20N2O4S. The van der Waals surface area contributed by atoms with Gasteiger partial charge >= 0.3 is 5.97 Å². The maximum Gasteiger partial charge on any atom is 0.329 e. The quantitative estimate of drug-likeness (QED) is 0.705. The molecule has 1 aliphatic carbocycles. The molecule has 1 aliphatic rings. The van der Waals surface area contributed by atoms with Crippen LogP contribution < -0.4 is 10.6 Å². The lowest BCUT2D eigenvalue weighted by atomic mass is 9.77. The number of carbonyl (C=O) groups excluding carboxylic acids is 2. The molecule has 0 unspecified atom stereocenters. The highest BCUT2D eigenvalue weighted by Crippen LogP contribution is 2.32. The number of rotatable bonds is 7. The second-order valence-electron chi connectivity index (χ2n) is 5.70. The van der Waals surface area contributed by atoms with Crippen LogP contribution in [-0.4, -0.2) is 39.9 Å². The van der Waals surface area contributed by atoms with E-state index in [2.05, 4.69) is 10.6 Å². The molecule has 124 valence electrons. The molecule has 0 heterocycles. The van der Waals surface area contributed by atoms with Crippen molar-refractivity contribution in [2.24, 2.45) is 0 Å². The van der Waals surface area contributed by atoms with E-state index >= 15 is 0 Å². The van der Waals surface area contributed by atoms with Crippen LogP contribution in [0, 0.1) is 6.92 Å². The number of hydrogen-bond donors (Lipinski definition) is 3. The Balaban J connectivity index is 1.70. The third-order valence-corrected chi connectivity index (χ3v) is 4.73. The SMILES string of the molecule is Cc1ccc(NC(=O)CSCC(=O)NC2(C(=O)O)CCC2)cc1. The lowest BCUT2D eigenvalue weighted by Gasteiger charge is -2.38. The van der Waals surface area contributed by atoms with Crippen LogP contribution in [0.5, 0.6) is 0 Å². The Labute approximate surface area is 139 Å². The van der Waals surface area contributed by atoms with Crippen LogP contribution >= 0.6 is 11.8 Å². The number of anilines is 1. The first kappa shape index (κ1) is 17.3. The molecule has 7 heteroatoms. The molecule has 0 saturated heterocycles. The Hall–Kier alpha value is -2.02. The molecule has 0 aliphatic heterocycles. The van der Waals surface area contributed by atoms with E-state index in [1.54, 1.807) is 0 Å². The number of benzene rings is 1. The molecule has 0 spiro atoms. The molecule has 1 saturated carbocycles. The Morgan fingerprint density at radius 3 is 2.26 bits per heavy atom. The highest BCUT2D eigenvalue weighted by atomic mass is 32.2. The Morgan fingerprint density at radius 1 is 1.13 bits per heavy atom. The molecule has 0 atom stereocenters. The van der Waals surface area contributed by atoms with Crippen molar-refractivity contribution in [2.45, 2.75) is 31.7 Å². The third-order valence-electron chi connectivity index (χ3n) is 3.80. The number of nitrogens with one attached hydrogen (secondary N) is 2. The number of hydrogen-bond acceptors (Lipinski definition) is 4. The summed E-state index contributed by atoms with van der Waals surface area (Å²) in [7, 11) is 0. The summed E-state index contributed by atoms with van der Waals surface area (Å²) in [6.45, 7) is 1.96. The van der Waals surface area contributed by atoms with E-state index in [1.165, 1.54) is 0 Å². The molecule has 2 rings (SSSR count). The van der Waals surface area contributed by atoms with Crippen molar-refractivity contribution in [3.8, 4) is 0 Å². The molecule has 3 N–H and O–H groups in total. The fourth-order valence-electron chi connectivity index (χ4n) is 2.30. The van der Waals surface area contributed by atoms with Crippen molar-refractivity contribution in [3.63, 3.8) is 0 Å². The van der Waals surface area contributed by atoms with E-state index in [-0.39, 0.29) is 23.3 Å². The molecule has 0 radical (unpaired) electrons. The van der Waals surface area contributed by atoms with E-state index in [1.807, 2.05) is 31.2 Å². The molecule has 0 aromatic heterocycles. The van der Waals surface area contributed by atoms with Gasteiger partial charge in [-0.25, -0.2) is 4.79 Å². The van der Waals surface area contributed by atoms with E-state index in [4.69, 9.17) is 5.11 Å². The summed E-state index contributed by atoms with van der Waals surface area (Å²) in [4.78, 5) is 34.8. The summed E-state index contributed by atoms with van der Waals surface area (Å²) >= 11 is 1.16. The van der Waals surface area contributed by atoms with Gasteiger partial charge in [-0.3, -0.25) is 9.59 Å². The minimum Gasteiger partial charge on any atom is -0.480 e. The van der Waals surface area contributed by atoms with Crippen LogP contribution in [0.1, 0.15) is 24.8 Å². The molecule has 1 aromatic carbocycles. The second kappa shape index (κ2) is 7.50. The Bertz CT molecular complexity index is 597. The molecule has 1 fully saturated rings. The van der Waals surface area contributed by atoms with E-state index in [9.17, 15) is 14.4 Å². The molecule has 23 heavy (non-hydrogen) atoms. The van der Waals surface area contributed by atoms with Gasteiger partial charge in [0.2, 0.25) is 11.8 Å². The average Bonchev–Trinajstić information content (AvgIpc) is 2.45. The van der Waals surface area contributed by atoms with E-state index in [0.717, 1.165) is 23.7 Å². The van der Waals surface area contributed by atoms with Crippen molar-refractivity contribution >= 4 is 35.2 Å². The number of carboxylic acids is 1. The molecular weight excluding hydrogens is 316 g/mol. The predicted octanol–water partition coefficient (Wildman–Crippen LogP) is 1.79. The first-order valence-electron chi connectivity index (χ1n) is 7.40. The number of aliphatic carboxylic acids is 1. The van der Waals surface area contributed by atoms with Gasteiger partial charge in [0.05, 0.1) is 11.5 Å². The van der Waals surface area contributed by atoms with Crippen molar-refractivity contribution in [3.05, 3.63) is 29.8 Å². The highest BCUT2D eigenvalue weighted by molar-refractivity contribution is 8.00. The lowest BCUT2D eigenvalue weighted by Crippen LogP contribution is -2.59. The maximum atomic E-state index is 11.8. The molecule has 6 nitrogen and oxygen atoms in total. The van der Waals surface area contributed by atoms with Crippen molar-refractivity contribution in [1.29, 1.82) is 0 Å². The van der Waals surface area contributed by atoms with Gasteiger partial charge in [0.1, 0.15) is 5.54 Å². The Kier molecular flexibility index (Phi) is 5.65. The zero-order valence-electron chi connectivity index (χ0n) is 12.9. The van der Waals surface area contributed by atoms with Gasteiger partial charge in [0.25, 0.3) is 0 Å². The number of thioether (sulfide) groups is 1. The van der Waals surface area contributed by atoms with Crippen molar-refractivity contribution in [1.82, 2.24) is 5.32 Å². The van der Waals surface area contributed by atoms with E-state index in [0.29, 0.717) is 18.5 Å². The zero-order chi connectivity index (χ0) is 16.9. The summed E-state index contributed by atoms with van der Waals surface area (Å²) in [5.41, 5.74) is 0.726. The van der Waals surface area contributed by atoms with Crippen LogP contribution in [0.3, 0.4) is 0 Å². The first-order chi connectivity index (χ1) is 10.9. The van der Waals surface area contributed by atoms with Crippen LogP contribution in [0.2, 0.25) is 0 Å². The fourth-order valence-corrected chi connectivity index (χ4v) is 2.91. The summed E-state index contributed by atoms with van der Waals surface area (Å²) in [5.74, 6) is -1.32. The fraction of sp³-hybridized carbons (Fsp3) is 0.438. The van der Waals surface area contributed by atoms with E-state index < -0.39 is 11.5 Å². The van der Waals surface area contributed by atoms with Gasteiger partial charge < -0.3 is 15.7 Å². The van der Waals surface area contributed by atoms with Gasteiger partial charge in [-0.05, 0) is 38.3 Å². The summed E-state index contributed by atoms with van der Waals surface area (Å²) in [5, 5.41) is 14.5. The molecule has 1 aromatic rings. The minimum absolute atomic E-state index is 0.0658. The number of carbonyl (C=O) groups is 3. The normalized spacial score (nSPS) is 15.3. The molecule has 2 amide bonds. The van der Waals surface area contributed by atoms with Crippen LogP contribution in [-0.2, 0) is 14.4 Å². The summed E-state index contributed by atoms with van der Waals surface area (Å²) in [6.07, 6.45) is 1.73. The van der Waals surface area contributed by atoms with Crippen LogP contribution in [0.4, 0.5) is 5.69 Å². The zero-order valence-corrected chi connectivity index (χ0v) is 13.7. The Morgan fingerprint density at radius 2 is 1.74 bits per heavy atom. The number of carboxylic acid groups (broad SMARTS) is 1. The average molecular weight is 336 g/mol. The van der Waals surface area contributed by atoms with Gasteiger partial charge in [-0.15, -0.1) is 11.8 Å². The topological polar surface area (TPSA) is 95.5 Å². The van der Waals surface area contributed by atoms with Gasteiger partial charge in [0.15, 0.2) is 0 Å². The van der Waals surface area contributed by atoms with Crippen LogP contribution in [0.25, 0.3) is 0 Å². The largest absolute Gasteiger partial charge is 0.480 e. The van der Waals surface area contributed by atoms with Crippen LogP contribution in [0.15, 0.2) is 24.3 Å².